The first-order valence-corrected chi connectivity index (χ1v) is 6.74. The second kappa shape index (κ2) is 6.18. The summed E-state index contributed by atoms with van der Waals surface area (Å²) in [5.41, 5.74) is 2.65. The molecule has 0 radical (unpaired) electrons. The van der Waals surface area contributed by atoms with Crippen LogP contribution >= 0.6 is 11.8 Å². The molecule has 0 saturated carbocycles. The van der Waals surface area contributed by atoms with E-state index >= 15 is 0 Å². The molecule has 0 atom stereocenters. The molecular weight excluding hydrogens is 244 g/mol. The maximum absolute atomic E-state index is 9.26. The average molecular weight is 258 g/mol. The molecule has 2 aromatic rings. The second-order valence-electron chi connectivity index (χ2n) is 3.71. The highest BCUT2D eigenvalue weighted by Gasteiger charge is 2.07. The number of rotatable bonds is 5. The summed E-state index contributed by atoms with van der Waals surface area (Å²) < 4.78 is 5.01. The molecule has 0 spiro atoms. The lowest BCUT2D eigenvalue weighted by Gasteiger charge is -2.10. The summed E-state index contributed by atoms with van der Waals surface area (Å²) >= 11 is 1.68. The van der Waals surface area contributed by atoms with Gasteiger partial charge < -0.3 is 9.73 Å². The van der Waals surface area contributed by atoms with E-state index in [4.69, 9.17) is 4.42 Å². The first kappa shape index (κ1) is 12.6. The van der Waals surface area contributed by atoms with Crippen molar-refractivity contribution in [1.82, 2.24) is 0 Å². The van der Waals surface area contributed by atoms with Crippen molar-refractivity contribution in [3.05, 3.63) is 47.9 Å². The predicted molar refractivity (Wildman–Crippen MR) is 73.6 cm³/mol. The molecule has 2 rings (SSSR count). The molecule has 1 aromatic heterocycles. The van der Waals surface area contributed by atoms with Crippen molar-refractivity contribution in [3.63, 3.8) is 0 Å². The van der Waals surface area contributed by atoms with Crippen LogP contribution in [0.2, 0.25) is 0 Å². The zero-order chi connectivity index (χ0) is 12.8. The van der Waals surface area contributed by atoms with Crippen LogP contribution in [0, 0.1) is 11.3 Å². The van der Waals surface area contributed by atoms with Crippen LogP contribution in [0.15, 0.2) is 46.1 Å². The fraction of sp³-hybridized carbons (Fsp3) is 0.214. The van der Waals surface area contributed by atoms with Crippen LogP contribution in [0.3, 0.4) is 0 Å². The van der Waals surface area contributed by atoms with Crippen LogP contribution < -0.4 is 5.32 Å². The van der Waals surface area contributed by atoms with E-state index in [1.807, 2.05) is 24.3 Å². The molecule has 4 heteroatoms. The van der Waals surface area contributed by atoms with Crippen molar-refractivity contribution in [2.45, 2.75) is 18.4 Å². The molecule has 92 valence electrons. The summed E-state index contributed by atoms with van der Waals surface area (Å²) in [5, 5.41) is 12.5. The van der Waals surface area contributed by atoms with E-state index in [-0.39, 0.29) is 0 Å². The number of hydrogen-bond donors (Lipinski definition) is 1. The number of furan rings is 1. The summed E-state index contributed by atoms with van der Waals surface area (Å²) in [4.78, 5) is 1.03. The van der Waals surface area contributed by atoms with Gasteiger partial charge in [-0.25, -0.2) is 0 Å². The van der Waals surface area contributed by atoms with Gasteiger partial charge in [-0.3, -0.25) is 0 Å². The molecule has 0 fully saturated rings. The number of anilines is 1. The Morgan fingerprint density at radius 2 is 2.28 bits per heavy atom. The number of nitriles is 1. The van der Waals surface area contributed by atoms with E-state index in [9.17, 15) is 5.26 Å². The third-order valence-electron chi connectivity index (χ3n) is 2.50. The summed E-state index contributed by atoms with van der Waals surface area (Å²) in [6.45, 7) is 2.74. The van der Waals surface area contributed by atoms with Crippen molar-refractivity contribution < 1.29 is 4.42 Å². The van der Waals surface area contributed by atoms with Crippen LogP contribution in [0.5, 0.6) is 0 Å². The molecular formula is C14H14N2OS. The van der Waals surface area contributed by atoms with Crippen LogP contribution in [-0.2, 0) is 6.54 Å². The minimum absolute atomic E-state index is 0.658. The highest BCUT2D eigenvalue weighted by atomic mass is 32.2. The van der Waals surface area contributed by atoms with Gasteiger partial charge in [-0.1, -0.05) is 13.0 Å². The minimum atomic E-state index is 0.658. The molecule has 0 aliphatic carbocycles. The van der Waals surface area contributed by atoms with Gasteiger partial charge in [-0.2, -0.15) is 5.26 Å². The minimum Gasteiger partial charge on any atom is -0.472 e. The van der Waals surface area contributed by atoms with E-state index in [1.54, 1.807) is 24.3 Å². The molecule has 0 bridgehead atoms. The lowest BCUT2D eigenvalue weighted by molar-refractivity contribution is 0.564. The SMILES string of the molecule is CCSc1cccc(NCc2ccoc2)c1C#N. The Morgan fingerprint density at radius 1 is 1.39 bits per heavy atom. The Labute approximate surface area is 111 Å². The Balaban J connectivity index is 2.17. The van der Waals surface area contributed by atoms with E-state index in [0.29, 0.717) is 12.1 Å². The van der Waals surface area contributed by atoms with E-state index in [1.165, 1.54) is 0 Å². The number of nitrogens with one attached hydrogen (secondary N) is 1. The molecule has 3 nitrogen and oxygen atoms in total. The van der Waals surface area contributed by atoms with Gasteiger partial charge in [0.15, 0.2) is 0 Å². The number of benzene rings is 1. The summed E-state index contributed by atoms with van der Waals surface area (Å²) in [7, 11) is 0. The number of hydrogen-bond acceptors (Lipinski definition) is 4. The van der Waals surface area contributed by atoms with E-state index in [0.717, 1.165) is 21.9 Å². The largest absolute Gasteiger partial charge is 0.472 e. The molecule has 1 N–H and O–H groups in total. The quantitative estimate of drug-likeness (QED) is 0.827. The van der Waals surface area contributed by atoms with Gasteiger partial charge in [-0.05, 0) is 24.0 Å². The zero-order valence-corrected chi connectivity index (χ0v) is 11.0. The van der Waals surface area contributed by atoms with Crippen molar-refractivity contribution in [1.29, 1.82) is 5.26 Å². The van der Waals surface area contributed by atoms with Crippen molar-refractivity contribution in [2.24, 2.45) is 0 Å². The Kier molecular flexibility index (Phi) is 4.32. The second-order valence-corrected chi connectivity index (χ2v) is 5.01. The third-order valence-corrected chi connectivity index (χ3v) is 3.44. The summed E-state index contributed by atoms with van der Waals surface area (Å²) in [5.74, 6) is 0.958. The molecule has 1 aromatic carbocycles. The first-order valence-electron chi connectivity index (χ1n) is 5.76. The fourth-order valence-electron chi connectivity index (χ4n) is 1.66. The molecule has 0 amide bonds. The Morgan fingerprint density at radius 3 is 2.94 bits per heavy atom. The molecule has 1 heterocycles. The number of thioether (sulfide) groups is 1. The standard InChI is InChI=1S/C14H14N2OS/c1-2-18-14-5-3-4-13(12(14)8-15)16-9-11-6-7-17-10-11/h3-7,10,16H,2,9H2,1H3. The maximum Gasteiger partial charge on any atom is 0.102 e. The van der Waals surface area contributed by atoms with Crippen LogP contribution in [0.25, 0.3) is 0 Å². The molecule has 0 unspecified atom stereocenters. The van der Waals surface area contributed by atoms with Gasteiger partial charge in [0.2, 0.25) is 0 Å². The molecule has 0 aliphatic heterocycles. The van der Waals surface area contributed by atoms with Crippen molar-refractivity contribution >= 4 is 17.4 Å². The number of nitrogens with zero attached hydrogens (tertiary/aromatic N) is 1. The van der Waals surface area contributed by atoms with Gasteiger partial charge in [0, 0.05) is 17.0 Å². The topological polar surface area (TPSA) is 49.0 Å². The van der Waals surface area contributed by atoms with Gasteiger partial charge >= 0.3 is 0 Å². The van der Waals surface area contributed by atoms with Crippen LogP contribution in [0.1, 0.15) is 18.1 Å². The fourth-order valence-corrected chi connectivity index (χ4v) is 2.45. The lowest BCUT2D eigenvalue weighted by atomic mass is 10.2. The van der Waals surface area contributed by atoms with Crippen LogP contribution in [-0.4, -0.2) is 5.75 Å². The highest BCUT2D eigenvalue weighted by Crippen LogP contribution is 2.28. The normalized spacial score (nSPS) is 10.0. The highest BCUT2D eigenvalue weighted by molar-refractivity contribution is 7.99. The summed E-state index contributed by atoms with van der Waals surface area (Å²) in [6.07, 6.45) is 3.34. The molecule has 0 saturated heterocycles. The third kappa shape index (κ3) is 2.88. The van der Waals surface area contributed by atoms with Crippen molar-refractivity contribution in [2.75, 3.05) is 11.1 Å². The smallest absolute Gasteiger partial charge is 0.102 e. The summed E-state index contributed by atoms with van der Waals surface area (Å²) in [6, 6.07) is 10.1. The maximum atomic E-state index is 9.26. The van der Waals surface area contributed by atoms with Crippen molar-refractivity contribution in [3.8, 4) is 6.07 Å². The molecule has 0 aliphatic rings. The predicted octanol–water partition coefficient (Wildman–Crippen LogP) is 3.88. The first-order chi connectivity index (χ1) is 8.85. The van der Waals surface area contributed by atoms with Gasteiger partial charge in [0.25, 0.3) is 0 Å². The lowest BCUT2D eigenvalue weighted by Crippen LogP contribution is -2.01. The monoisotopic (exact) mass is 258 g/mol. The van der Waals surface area contributed by atoms with Gasteiger partial charge in [0.1, 0.15) is 6.07 Å². The Hall–Kier alpha value is -1.86. The average Bonchev–Trinajstić information content (AvgIpc) is 2.90. The van der Waals surface area contributed by atoms with E-state index in [2.05, 4.69) is 18.3 Å². The molecule has 18 heavy (non-hydrogen) atoms. The Bertz CT molecular complexity index is 543. The zero-order valence-electron chi connectivity index (χ0n) is 10.1. The van der Waals surface area contributed by atoms with Crippen LogP contribution in [0.4, 0.5) is 5.69 Å². The van der Waals surface area contributed by atoms with Gasteiger partial charge in [-0.15, -0.1) is 11.8 Å². The van der Waals surface area contributed by atoms with E-state index < -0.39 is 0 Å². The van der Waals surface area contributed by atoms with Gasteiger partial charge in [0.05, 0.1) is 23.8 Å².